The fourth-order valence-electron chi connectivity index (χ4n) is 4.46. The second kappa shape index (κ2) is 15.8. The maximum Gasteiger partial charge on any atom is 0.327 e. The van der Waals surface area contributed by atoms with E-state index in [2.05, 4.69) is 33.6 Å². The van der Waals surface area contributed by atoms with E-state index in [4.69, 9.17) is 11.5 Å². The zero-order valence-corrected chi connectivity index (χ0v) is 23.6. The summed E-state index contributed by atoms with van der Waals surface area (Å²) < 4.78 is 0. The van der Waals surface area contributed by atoms with Gasteiger partial charge in [-0.1, -0.05) is 48.5 Å². The summed E-state index contributed by atoms with van der Waals surface area (Å²) in [4.78, 5) is 54.3. The second-order valence-electron chi connectivity index (χ2n) is 9.85. The van der Waals surface area contributed by atoms with Crippen LogP contribution in [0.4, 0.5) is 0 Å². The molecule has 4 unspecified atom stereocenters. The number of nitrogens with one attached hydrogen (secondary N) is 4. The molecule has 0 radical (unpaired) electrons. The number of rotatable bonds is 16. The number of hydrogen-bond donors (Lipinski definition) is 8. The number of H-pyrrole nitrogens is 1. The molecule has 41 heavy (non-hydrogen) atoms. The highest BCUT2D eigenvalue weighted by Gasteiger charge is 2.30. The number of para-hydroxylation sites is 1. The molecule has 0 bridgehead atoms. The Morgan fingerprint density at radius 2 is 1.46 bits per heavy atom. The molecule has 11 nitrogen and oxygen atoms in total. The fourth-order valence-corrected chi connectivity index (χ4v) is 4.71. The van der Waals surface area contributed by atoms with E-state index in [-0.39, 0.29) is 25.0 Å². The van der Waals surface area contributed by atoms with E-state index in [0.29, 0.717) is 19.4 Å². The summed E-state index contributed by atoms with van der Waals surface area (Å²) >= 11 is 3.99. The lowest BCUT2D eigenvalue weighted by Crippen LogP contribution is -2.58. The Bertz CT molecular complexity index is 1320. The molecule has 3 rings (SSSR count). The van der Waals surface area contributed by atoms with Crippen LogP contribution >= 0.6 is 12.6 Å². The molecule has 1 aromatic heterocycles. The highest BCUT2D eigenvalue weighted by Crippen LogP contribution is 2.19. The molecule has 2 aromatic carbocycles. The van der Waals surface area contributed by atoms with Crippen LogP contribution in [0.15, 0.2) is 60.8 Å². The zero-order chi connectivity index (χ0) is 29.8. The molecule has 0 aliphatic carbocycles. The Labute approximate surface area is 244 Å². The van der Waals surface area contributed by atoms with Crippen molar-refractivity contribution < 1.29 is 24.3 Å². The van der Waals surface area contributed by atoms with Crippen molar-refractivity contribution in [3.8, 4) is 0 Å². The van der Waals surface area contributed by atoms with Crippen LogP contribution in [0.2, 0.25) is 0 Å². The smallest absolute Gasteiger partial charge is 0.327 e. The minimum Gasteiger partial charge on any atom is -0.480 e. The van der Waals surface area contributed by atoms with E-state index in [1.54, 1.807) is 0 Å². The summed E-state index contributed by atoms with van der Waals surface area (Å²) in [5.74, 6) is -3.12. The molecular formula is C29H38N6O5S. The number of carbonyl (C=O) groups is 4. The third kappa shape index (κ3) is 9.34. The number of amides is 3. The van der Waals surface area contributed by atoms with E-state index in [1.165, 1.54) is 0 Å². The van der Waals surface area contributed by atoms with Gasteiger partial charge in [0.25, 0.3) is 0 Å². The van der Waals surface area contributed by atoms with Gasteiger partial charge in [-0.2, -0.15) is 12.6 Å². The number of carbonyl (C=O) groups excluding carboxylic acids is 3. The van der Waals surface area contributed by atoms with Crippen LogP contribution in [-0.4, -0.2) is 70.2 Å². The van der Waals surface area contributed by atoms with Gasteiger partial charge in [0.15, 0.2) is 0 Å². The van der Waals surface area contributed by atoms with Crippen molar-refractivity contribution in [3.63, 3.8) is 0 Å². The SMILES string of the molecule is NCCCCC(NC(=O)C(Cc1ccccc1)NC(=O)C(N)Cc1c[nH]c2ccccc12)C(=O)NC(CS)C(=O)O. The van der Waals surface area contributed by atoms with Gasteiger partial charge in [-0.25, -0.2) is 4.79 Å². The number of aromatic nitrogens is 1. The van der Waals surface area contributed by atoms with Gasteiger partial charge in [0.05, 0.1) is 6.04 Å². The van der Waals surface area contributed by atoms with Gasteiger partial charge in [-0.3, -0.25) is 14.4 Å². The molecule has 0 saturated heterocycles. The first-order chi connectivity index (χ1) is 19.7. The number of benzene rings is 2. The van der Waals surface area contributed by atoms with Crippen LogP contribution in [0.5, 0.6) is 0 Å². The van der Waals surface area contributed by atoms with Gasteiger partial charge in [0.1, 0.15) is 18.1 Å². The minimum atomic E-state index is -1.24. The lowest BCUT2D eigenvalue weighted by atomic mass is 10.0. The second-order valence-corrected chi connectivity index (χ2v) is 10.2. The molecule has 0 aliphatic heterocycles. The third-order valence-electron chi connectivity index (χ3n) is 6.74. The van der Waals surface area contributed by atoms with Gasteiger partial charge in [0.2, 0.25) is 17.7 Å². The average molecular weight is 583 g/mol. The summed E-state index contributed by atoms with van der Waals surface area (Å²) in [5.41, 5.74) is 14.5. The van der Waals surface area contributed by atoms with Gasteiger partial charge in [-0.15, -0.1) is 0 Å². The molecule has 9 N–H and O–H groups in total. The normalized spacial score (nSPS) is 14.0. The molecular weight excluding hydrogens is 544 g/mol. The lowest BCUT2D eigenvalue weighted by Gasteiger charge is -2.25. The first kappa shape index (κ1) is 31.7. The topological polar surface area (TPSA) is 192 Å². The first-order valence-corrected chi connectivity index (χ1v) is 14.2. The fraction of sp³-hybridized carbons (Fsp3) is 0.379. The summed E-state index contributed by atoms with van der Waals surface area (Å²) in [7, 11) is 0. The largest absolute Gasteiger partial charge is 0.480 e. The average Bonchev–Trinajstić information content (AvgIpc) is 3.37. The number of thiol groups is 1. The number of hydrogen-bond acceptors (Lipinski definition) is 7. The van der Waals surface area contributed by atoms with Gasteiger partial charge >= 0.3 is 5.97 Å². The molecule has 0 spiro atoms. The van der Waals surface area contributed by atoms with Crippen LogP contribution in [0.1, 0.15) is 30.4 Å². The molecule has 3 aromatic rings. The van der Waals surface area contributed by atoms with Crippen LogP contribution in [-0.2, 0) is 32.0 Å². The Kier molecular flexibility index (Phi) is 12.2. The van der Waals surface area contributed by atoms with Crippen molar-refractivity contribution in [2.45, 2.75) is 56.3 Å². The number of carboxylic acid groups (broad SMARTS) is 1. The minimum absolute atomic E-state index is 0.119. The van der Waals surface area contributed by atoms with Gasteiger partial charge in [-0.05, 0) is 49.4 Å². The summed E-state index contributed by atoms with van der Waals surface area (Å²) in [5, 5.41) is 18.2. The van der Waals surface area contributed by atoms with Crippen LogP contribution in [0.3, 0.4) is 0 Å². The molecule has 1 heterocycles. The predicted octanol–water partition coefficient (Wildman–Crippen LogP) is 0.878. The lowest BCUT2D eigenvalue weighted by molar-refractivity contribution is -0.141. The Balaban J connectivity index is 1.76. The highest BCUT2D eigenvalue weighted by atomic mass is 32.1. The van der Waals surface area contributed by atoms with Crippen molar-refractivity contribution in [3.05, 3.63) is 71.9 Å². The Morgan fingerprint density at radius 1 is 0.829 bits per heavy atom. The molecule has 0 aliphatic rings. The van der Waals surface area contributed by atoms with Crippen molar-refractivity contribution in [2.75, 3.05) is 12.3 Å². The van der Waals surface area contributed by atoms with Crippen molar-refractivity contribution in [1.82, 2.24) is 20.9 Å². The van der Waals surface area contributed by atoms with E-state index in [0.717, 1.165) is 22.0 Å². The first-order valence-electron chi connectivity index (χ1n) is 13.5. The Morgan fingerprint density at radius 3 is 2.15 bits per heavy atom. The third-order valence-corrected chi connectivity index (χ3v) is 7.11. The monoisotopic (exact) mass is 582 g/mol. The van der Waals surface area contributed by atoms with Crippen molar-refractivity contribution in [2.24, 2.45) is 11.5 Å². The van der Waals surface area contributed by atoms with Gasteiger partial charge < -0.3 is 37.5 Å². The van der Waals surface area contributed by atoms with E-state index >= 15 is 0 Å². The summed E-state index contributed by atoms with van der Waals surface area (Å²) in [6, 6.07) is 12.6. The molecule has 12 heteroatoms. The number of aliphatic carboxylic acids is 1. The maximum absolute atomic E-state index is 13.5. The van der Waals surface area contributed by atoms with E-state index in [9.17, 15) is 24.3 Å². The standard InChI is InChI=1S/C29H38N6O5S/c30-13-7-6-12-23(27(37)35-25(17-41)29(39)40)33-28(38)24(14-18-8-2-1-3-9-18)34-26(36)21(31)15-19-16-32-22-11-5-4-10-20(19)22/h1-5,8-11,16,21,23-25,32,41H,6-7,12-15,17,30-31H2,(H,33,38)(H,34,36)(H,35,37)(H,39,40). The van der Waals surface area contributed by atoms with Gasteiger partial charge in [0, 0.05) is 29.3 Å². The number of carboxylic acids is 1. The van der Waals surface area contributed by atoms with Crippen LogP contribution < -0.4 is 27.4 Å². The predicted molar refractivity (Wildman–Crippen MR) is 160 cm³/mol. The maximum atomic E-state index is 13.5. The number of unbranched alkanes of at least 4 members (excludes halogenated alkanes) is 1. The number of aromatic amines is 1. The number of fused-ring (bicyclic) bond motifs is 1. The summed E-state index contributed by atoms with van der Waals surface area (Å²) in [6.07, 6.45) is 3.59. The molecule has 0 fully saturated rings. The Hall–Kier alpha value is -3.87. The molecule has 3 amide bonds. The van der Waals surface area contributed by atoms with Crippen molar-refractivity contribution >= 4 is 47.2 Å². The van der Waals surface area contributed by atoms with E-state index < -0.39 is 47.9 Å². The molecule has 220 valence electrons. The van der Waals surface area contributed by atoms with Crippen LogP contribution in [0.25, 0.3) is 10.9 Å². The van der Waals surface area contributed by atoms with Crippen molar-refractivity contribution in [1.29, 1.82) is 0 Å². The highest BCUT2D eigenvalue weighted by molar-refractivity contribution is 7.80. The molecule has 4 atom stereocenters. The van der Waals surface area contributed by atoms with Crippen LogP contribution in [0, 0.1) is 0 Å². The quantitative estimate of drug-likeness (QED) is 0.0907. The molecule has 0 saturated carbocycles. The van der Waals surface area contributed by atoms with E-state index in [1.807, 2.05) is 60.8 Å². The number of nitrogens with two attached hydrogens (primary N) is 2. The summed E-state index contributed by atoms with van der Waals surface area (Å²) in [6.45, 7) is 0.400. The zero-order valence-electron chi connectivity index (χ0n) is 22.7.